The standard InChI is InChI=1S/C22H18F2N4O3S/c1-12(32)26-10-15-11-28(22(30)31-15)14-8-16(23)21(17(24)9-14)27-19-5-4-18-13(7-20(19)29)3-2-6-25-18/h2-9,15H,10-11H2,1H3,(H,26,32)(H,27,29). The number of rotatable bonds is 5. The van der Waals surface area contributed by atoms with Crippen LogP contribution >= 0.6 is 12.2 Å². The lowest BCUT2D eigenvalue weighted by Gasteiger charge is -2.16. The van der Waals surface area contributed by atoms with Crippen molar-refractivity contribution in [2.75, 3.05) is 23.3 Å². The summed E-state index contributed by atoms with van der Waals surface area (Å²) < 4.78 is 34.8. The third-order valence-corrected chi connectivity index (χ3v) is 5.03. The lowest BCUT2D eigenvalue weighted by Crippen LogP contribution is -2.32. The van der Waals surface area contributed by atoms with Crippen molar-refractivity contribution in [3.8, 4) is 0 Å². The Morgan fingerprint density at radius 1 is 1.22 bits per heavy atom. The van der Waals surface area contributed by atoms with Crippen LogP contribution in [0.1, 0.15) is 6.92 Å². The van der Waals surface area contributed by atoms with Gasteiger partial charge in [-0.2, -0.15) is 0 Å². The average Bonchev–Trinajstić information content (AvgIpc) is 3.04. The molecule has 0 radical (unpaired) electrons. The Bertz CT molecular complexity index is 1260. The molecule has 32 heavy (non-hydrogen) atoms. The first-order chi connectivity index (χ1) is 15.3. The Kier molecular flexibility index (Phi) is 5.95. The highest BCUT2D eigenvalue weighted by molar-refractivity contribution is 7.80. The number of ether oxygens (including phenoxy) is 1. The molecule has 2 heterocycles. The Hall–Kier alpha value is -3.66. The van der Waals surface area contributed by atoms with Gasteiger partial charge < -0.3 is 15.4 Å². The van der Waals surface area contributed by atoms with Crippen molar-refractivity contribution in [3.05, 3.63) is 70.5 Å². The summed E-state index contributed by atoms with van der Waals surface area (Å²) in [4.78, 5) is 30.5. The lowest BCUT2D eigenvalue weighted by atomic mass is 10.2. The topological polar surface area (TPSA) is 83.6 Å². The van der Waals surface area contributed by atoms with E-state index in [1.807, 2.05) is 0 Å². The number of anilines is 3. The van der Waals surface area contributed by atoms with E-state index < -0.39 is 34.9 Å². The number of pyridine rings is 1. The van der Waals surface area contributed by atoms with Gasteiger partial charge >= 0.3 is 6.09 Å². The molecule has 0 saturated carbocycles. The highest BCUT2D eigenvalue weighted by atomic mass is 32.1. The van der Waals surface area contributed by atoms with Crippen LogP contribution in [0.5, 0.6) is 0 Å². The van der Waals surface area contributed by atoms with Crippen LogP contribution in [0.3, 0.4) is 0 Å². The average molecular weight is 456 g/mol. The number of hydrogen-bond donors (Lipinski definition) is 2. The molecule has 4 rings (SSSR count). The Morgan fingerprint density at radius 2 is 1.97 bits per heavy atom. The van der Waals surface area contributed by atoms with E-state index in [0.717, 1.165) is 17.0 Å². The van der Waals surface area contributed by atoms with Gasteiger partial charge in [-0.05, 0) is 31.2 Å². The summed E-state index contributed by atoms with van der Waals surface area (Å²) in [6.07, 6.45) is 0.354. The maximum atomic E-state index is 14.8. The Labute approximate surface area is 187 Å². The van der Waals surface area contributed by atoms with Crippen molar-refractivity contribution >= 4 is 51.3 Å². The number of cyclic esters (lactones) is 1. The predicted octanol–water partition coefficient (Wildman–Crippen LogP) is 3.88. The largest absolute Gasteiger partial charge is 0.442 e. The molecule has 1 aliphatic heterocycles. The normalized spacial score (nSPS) is 15.5. The highest BCUT2D eigenvalue weighted by Gasteiger charge is 2.33. The highest BCUT2D eigenvalue weighted by Crippen LogP contribution is 2.30. The first kappa shape index (κ1) is 21.6. The number of carbonyl (C=O) groups excluding carboxylic acids is 1. The van der Waals surface area contributed by atoms with Crippen LogP contribution in [0.2, 0.25) is 0 Å². The van der Waals surface area contributed by atoms with Crippen molar-refractivity contribution in [2.45, 2.75) is 13.0 Å². The fourth-order valence-corrected chi connectivity index (χ4v) is 3.41. The molecule has 10 heteroatoms. The number of carbonyl (C=O) groups is 1. The van der Waals surface area contributed by atoms with Crippen LogP contribution in [-0.2, 0) is 4.74 Å². The first-order valence-corrected chi connectivity index (χ1v) is 10.1. The lowest BCUT2D eigenvalue weighted by molar-refractivity contribution is 0.143. The molecule has 0 spiro atoms. The van der Waals surface area contributed by atoms with E-state index in [-0.39, 0.29) is 17.9 Å². The summed E-state index contributed by atoms with van der Waals surface area (Å²) in [5.74, 6) is -1.92. The number of halogens is 2. The van der Waals surface area contributed by atoms with Crippen molar-refractivity contribution in [1.82, 2.24) is 10.3 Å². The molecule has 2 N–H and O–H groups in total. The molecule has 7 nitrogen and oxygen atoms in total. The molecule has 1 amide bonds. The summed E-state index contributed by atoms with van der Waals surface area (Å²) in [7, 11) is 0. The van der Waals surface area contributed by atoms with E-state index in [1.54, 1.807) is 31.3 Å². The van der Waals surface area contributed by atoms with Crippen molar-refractivity contribution < 1.29 is 18.3 Å². The zero-order valence-electron chi connectivity index (χ0n) is 16.9. The van der Waals surface area contributed by atoms with Crippen LogP contribution in [0.25, 0.3) is 10.9 Å². The van der Waals surface area contributed by atoms with E-state index >= 15 is 0 Å². The maximum absolute atomic E-state index is 14.8. The molecule has 1 fully saturated rings. The third-order valence-electron chi connectivity index (χ3n) is 4.88. The monoisotopic (exact) mass is 456 g/mol. The molecule has 1 saturated heterocycles. The summed E-state index contributed by atoms with van der Waals surface area (Å²) in [6, 6.07) is 9.77. The van der Waals surface area contributed by atoms with Gasteiger partial charge in [-0.25, -0.2) is 13.6 Å². The quantitative estimate of drug-likeness (QED) is 0.564. The molecule has 1 unspecified atom stereocenters. The molecule has 0 bridgehead atoms. The molecule has 1 aliphatic rings. The third kappa shape index (κ3) is 4.50. The van der Waals surface area contributed by atoms with Gasteiger partial charge in [0.15, 0.2) is 11.6 Å². The van der Waals surface area contributed by atoms with E-state index in [1.165, 1.54) is 12.1 Å². The molecular formula is C22H18F2N4O3S. The second-order valence-corrected chi connectivity index (χ2v) is 7.81. The molecule has 1 aromatic heterocycles. The fourth-order valence-electron chi connectivity index (χ4n) is 3.32. The van der Waals surface area contributed by atoms with Crippen LogP contribution in [0, 0.1) is 11.6 Å². The van der Waals surface area contributed by atoms with Gasteiger partial charge in [0, 0.05) is 23.7 Å². The number of hydrogen-bond acceptors (Lipinski definition) is 6. The van der Waals surface area contributed by atoms with Crippen molar-refractivity contribution in [2.24, 2.45) is 0 Å². The summed E-state index contributed by atoms with van der Waals surface area (Å²) >= 11 is 4.93. The number of amides is 1. The number of fused-ring (bicyclic) bond motifs is 1. The van der Waals surface area contributed by atoms with Gasteiger partial charge in [0.1, 0.15) is 11.8 Å². The van der Waals surface area contributed by atoms with Gasteiger partial charge in [0.2, 0.25) is 5.43 Å². The zero-order chi connectivity index (χ0) is 22.8. The smallest absolute Gasteiger partial charge is 0.414 e. The zero-order valence-corrected chi connectivity index (χ0v) is 17.7. The SMILES string of the molecule is CC(=S)NCC1CN(c2cc(F)c(Nc3ccc4ncccc4cc3=O)c(F)c2)C(=O)O1. The Balaban J connectivity index is 1.60. The number of benzene rings is 1. The van der Waals surface area contributed by atoms with Crippen molar-refractivity contribution in [3.63, 3.8) is 0 Å². The number of thiocarbonyl (C=S) groups is 1. The molecular weight excluding hydrogens is 438 g/mol. The predicted molar refractivity (Wildman–Crippen MR) is 122 cm³/mol. The number of nitrogens with one attached hydrogen (secondary N) is 2. The molecule has 164 valence electrons. The minimum atomic E-state index is -0.960. The second-order valence-electron chi connectivity index (χ2n) is 7.20. The van der Waals surface area contributed by atoms with Gasteiger partial charge in [0.05, 0.1) is 35.0 Å². The molecule has 2 aromatic carbocycles. The van der Waals surface area contributed by atoms with E-state index in [4.69, 9.17) is 17.0 Å². The van der Waals surface area contributed by atoms with Gasteiger partial charge in [-0.1, -0.05) is 18.3 Å². The van der Waals surface area contributed by atoms with E-state index in [0.29, 0.717) is 22.4 Å². The minimum absolute atomic E-state index is 0.00743. The van der Waals surface area contributed by atoms with Gasteiger partial charge in [-0.15, -0.1) is 0 Å². The van der Waals surface area contributed by atoms with Crippen LogP contribution < -0.4 is 21.0 Å². The van der Waals surface area contributed by atoms with Crippen LogP contribution in [-0.4, -0.2) is 35.3 Å². The first-order valence-electron chi connectivity index (χ1n) is 9.69. The van der Waals surface area contributed by atoms with Crippen LogP contribution in [0.15, 0.2) is 53.5 Å². The summed E-state index contributed by atoms with van der Waals surface area (Å²) in [6.45, 7) is 2.10. The van der Waals surface area contributed by atoms with Crippen molar-refractivity contribution in [1.29, 1.82) is 0 Å². The molecule has 3 aromatic rings. The fraction of sp³-hybridized carbons (Fsp3) is 0.182. The van der Waals surface area contributed by atoms with E-state index in [2.05, 4.69) is 15.6 Å². The van der Waals surface area contributed by atoms with Gasteiger partial charge in [-0.3, -0.25) is 14.7 Å². The summed E-state index contributed by atoms with van der Waals surface area (Å²) in [5.41, 5.74) is -0.405. The minimum Gasteiger partial charge on any atom is -0.442 e. The number of aromatic nitrogens is 1. The molecule has 0 aliphatic carbocycles. The van der Waals surface area contributed by atoms with Gasteiger partial charge in [0.25, 0.3) is 0 Å². The van der Waals surface area contributed by atoms with Crippen LogP contribution in [0.4, 0.5) is 30.6 Å². The Morgan fingerprint density at radius 3 is 2.69 bits per heavy atom. The maximum Gasteiger partial charge on any atom is 0.414 e. The second kappa shape index (κ2) is 8.83. The number of nitrogens with zero attached hydrogens (tertiary/aromatic N) is 2. The molecule has 1 atom stereocenters. The van der Waals surface area contributed by atoms with E-state index in [9.17, 15) is 18.4 Å². The summed E-state index contributed by atoms with van der Waals surface area (Å²) in [5, 5.41) is 6.02.